The highest BCUT2D eigenvalue weighted by Crippen LogP contribution is 2.34. The molecule has 0 heterocycles. The third-order valence-electron chi connectivity index (χ3n) is 3.48. The molecule has 0 atom stereocenters. The van der Waals surface area contributed by atoms with E-state index in [0.717, 1.165) is 23.5 Å². The third kappa shape index (κ3) is 3.75. The number of nitro benzene ring substituents is 1. The number of esters is 1. The predicted octanol–water partition coefficient (Wildman–Crippen LogP) is 1.97. The van der Waals surface area contributed by atoms with E-state index in [2.05, 4.69) is 4.74 Å². The molecule has 10 heteroatoms. The molecule has 26 heavy (non-hydrogen) atoms. The van der Waals surface area contributed by atoms with Crippen molar-refractivity contribution in [2.45, 2.75) is 4.90 Å². The van der Waals surface area contributed by atoms with Crippen molar-refractivity contribution in [1.29, 1.82) is 0 Å². The lowest BCUT2D eigenvalue weighted by Crippen LogP contribution is -2.36. The summed E-state index contributed by atoms with van der Waals surface area (Å²) in [7, 11) is -2.01. The number of ether oxygens (including phenoxy) is 2. The topological polar surface area (TPSA) is 116 Å². The van der Waals surface area contributed by atoms with Crippen LogP contribution in [-0.4, -0.2) is 40.1 Å². The Labute approximate surface area is 150 Å². The molecule has 9 nitrogen and oxygen atoms in total. The fourth-order valence-corrected chi connectivity index (χ4v) is 3.84. The summed E-state index contributed by atoms with van der Waals surface area (Å²) in [6.45, 7) is -0.675. The summed E-state index contributed by atoms with van der Waals surface area (Å²) in [5, 5.41) is 11.2. The van der Waals surface area contributed by atoms with Gasteiger partial charge in [0.15, 0.2) is 4.90 Å². The van der Waals surface area contributed by atoms with Crippen LogP contribution in [0.1, 0.15) is 0 Å². The van der Waals surface area contributed by atoms with Gasteiger partial charge in [0.2, 0.25) is 0 Å². The molecule has 0 N–H and O–H groups in total. The molecule has 138 valence electrons. The number of para-hydroxylation sites is 3. The largest absolute Gasteiger partial charge is 0.495 e. The standard InChI is InChI=1S/C16H16N2O7S/c1-24-14-9-5-3-7-12(14)17(11-16(19)25-2)26(22,23)15-10-6-4-8-13(15)18(20)21/h3-10H,11H2,1-2H3. The predicted molar refractivity (Wildman–Crippen MR) is 92.6 cm³/mol. The normalized spacial score (nSPS) is 10.8. The van der Waals surface area contributed by atoms with E-state index in [1.54, 1.807) is 12.1 Å². The average Bonchev–Trinajstić information content (AvgIpc) is 2.65. The molecule has 0 aliphatic carbocycles. The van der Waals surface area contributed by atoms with Crippen molar-refractivity contribution >= 4 is 27.4 Å². The average molecular weight is 380 g/mol. The number of nitro groups is 1. The van der Waals surface area contributed by atoms with Crippen LogP contribution in [0.15, 0.2) is 53.4 Å². The van der Waals surface area contributed by atoms with E-state index < -0.39 is 38.0 Å². The molecule has 0 saturated heterocycles. The number of methoxy groups -OCH3 is 2. The molecule has 0 bridgehead atoms. The zero-order chi connectivity index (χ0) is 19.3. The van der Waals surface area contributed by atoms with Crippen LogP contribution in [0.5, 0.6) is 5.75 Å². The molecule has 0 radical (unpaired) electrons. The van der Waals surface area contributed by atoms with Gasteiger partial charge < -0.3 is 9.47 Å². The molecule has 2 aromatic rings. The minimum Gasteiger partial charge on any atom is -0.495 e. The maximum Gasteiger partial charge on any atom is 0.326 e. The zero-order valence-corrected chi connectivity index (χ0v) is 14.8. The molecule has 0 fully saturated rings. The summed E-state index contributed by atoms with van der Waals surface area (Å²) >= 11 is 0. The molecule has 0 spiro atoms. The maximum absolute atomic E-state index is 13.1. The van der Waals surface area contributed by atoms with Gasteiger partial charge in [0, 0.05) is 6.07 Å². The maximum atomic E-state index is 13.1. The Balaban J connectivity index is 2.69. The second kappa shape index (κ2) is 7.83. The molecule has 0 aromatic heterocycles. The molecule has 2 rings (SSSR count). The smallest absolute Gasteiger partial charge is 0.326 e. The number of carbonyl (C=O) groups is 1. The van der Waals surface area contributed by atoms with Crippen LogP contribution in [0, 0.1) is 10.1 Å². The Hall–Kier alpha value is -3.14. The van der Waals surface area contributed by atoms with Gasteiger partial charge in [-0.05, 0) is 18.2 Å². The number of anilines is 1. The fraction of sp³-hybridized carbons (Fsp3) is 0.188. The number of carbonyl (C=O) groups excluding carboxylic acids is 1. The van der Waals surface area contributed by atoms with Gasteiger partial charge in [-0.3, -0.25) is 19.2 Å². The second-order valence-electron chi connectivity index (χ2n) is 4.98. The van der Waals surface area contributed by atoms with E-state index in [1.165, 1.54) is 31.4 Å². The quantitative estimate of drug-likeness (QED) is 0.409. The number of hydrogen-bond acceptors (Lipinski definition) is 7. The van der Waals surface area contributed by atoms with E-state index in [0.29, 0.717) is 0 Å². The van der Waals surface area contributed by atoms with Crippen LogP contribution in [0.2, 0.25) is 0 Å². The first-order valence-corrected chi connectivity index (χ1v) is 8.73. The van der Waals surface area contributed by atoms with Gasteiger partial charge in [-0.25, -0.2) is 8.42 Å². The van der Waals surface area contributed by atoms with Gasteiger partial charge in [0.05, 0.1) is 24.8 Å². The Morgan fingerprint density at radius 1 is 1.12 bits per heavy atom. The van der Waals surface area contributed by atoms with Crippen molar-refractivity contribution in [2.24, 2.45) is 0 Å². The van der Waals surface area contributed by atoms with E-state index >= 15 is 0 Å². The van der Waals surface area contributed by atoms with Crippen LogP contribution < -0.4 is 9.04 Å². The van der Waals surface area contributed by atoms with Gasteiger partial charge in [0.1, 0.15) is 12.3 Å². The van der Waals surface area contributed by atoms with Crippen molar-refractivity contribution in [1.82, 2.24) is 0 Å². The summed E-state index contributed by atoms with van der Waals surface area (Å²) in [5.41, 5.74) is -0.546. The van der Waals surface area contributed by atoms with Crippen molar-refractivity contribution in [2.75, 3.05) is 25.1 Å². The first-order valence-electron chi connectivity index (χ1n) is 7.29. The number of rotatable bonds is 7. The number of nitrogens with zero attached hydrogens (tertiary/aromatic N) is 2. The molecule has 0 saturated carbocycles. The number of hydrogen-bond donors (Lipinski definition) is 0. The summed E-state index contributed by atoms with van der Waals surface area (Å²) in [6, 6.07) is 11.0. The Morgan fingerprint density at radius 2 is 1.73 bits per heavy atom. The van der Waals surface area contributed by atoms with Gasteiger partial charge in [0.25, 0.3) is 15.7 Å². The molecule has 0 aliphatic rings. The lowest BCUT2D eigenvalue weighted by Gasteiger charge is -2.24. The van der Waals surface area contributed by atoms with Crippen molar-refractivity contribution < 1.29 is 27.6 Å². The molecule has 0 aliphatic heterocycles. The van der Waals surface area contributed by atoms with Crippen LogP contribution >= 0.6 is 0 Å². The van der Waals surface area contributed by atoms with E-state index in [4.69, 9.17) is 4.74 Å². The number of benzene rings is 2. The molecular formula is C16H16N2O7S. The summed E-state index contributed by atoms with van der Waals surface area (Å²) in [5.74, 6) is -0.656. The first-order chi connectivity index (χ1) is 12.3. The van der Waals surface area contributed by atoms with Crippen LogP contribution in [0.3, 0.4) is 0 Å². The Morgan fingerprint density at radius 3 is 2.35 bits per heavy atom. The van der Waals surface area contributed by atoms with Crippen molar-refractivity contribution in [3.8, 4) is 5.75 Å². The summed E-state index contributed by atoms with van der Waals surface area (Å²) in [4.78, 5) is 21.7. The fourth-order valence-electron chi connectivity index (χ4n) is 2.26. The molecule has 2 aromatic carbocycles. The van der Waals surface area contributed by atoms with Crippen molar-refractivity contribution in [3.05, 3.63) is 58.6 Å². The lowest BCUT2D eigenvalue weighted by atomic mass is 10.3. The SMILES string of the molecule is COC(=O)CN(c1ccccc1OC)S(=O)(=O)c1ccccc1[N+](=O)[O-]. The van der Waals surface area contributed by atoms with Crippen molar-refractivity contribution in [3.63, 3.8) is 0 Å². The van der Waals surface area contributed by atoms with E-state index in [-0.39, 0.29) is 11.4 Å². The Kier molecular flexibility index (Phi) is 5.78. The van der Waals surface area contributed by atoms with Crippen LogP contribution in [-0.2, 0) is 19.6 Å². The van der Waals surface area contributed by atoms with Gasteiger partial charge in [-0.1, -0.05) is 24.3 Å². The minimum absolute atomic E-state index is 0.0542. The zero-order valence-electron chi connectivity index (χ0n) is 14.0. The minimum atomic E-state index is -4.46. The van der Waals surface area contributed by atoms with Gasteiger partial charge >= 0.3 is 5.97 Å². The molecule has 0 amide bonds. The molecular weight excluding hydrogens is 364 g/mol. The summed E-state index contributed by atoms with van der Waals surface area (Å²) in [6.07, 6.45) is 0. The molecule has 0 unspecified atom stereocenters. The monoisotopic (exact) mass is 380 g/mol. The Bertz CT molecular complexity index is 928. The highest BCUT2D eigenvalue weighted by molar-refractivity contribution is 7.93. The highest BCUT2D eigenvalue weighted by atomic mass is 32.2. The van der Waals surface area contributed by atoms with Crippen LogP contribution in [0.25, 0.3) is 0 Å². The second-order valence-corrected chi connectivity index (χ2v) is 6.82. The van der Waals surface area contributed by atoms with Gasteiger partial charge in [-0.2, -0.15) is 0 Å². The first kappa shape index (κ1) is 19.2. The number of sulfonamides is 1. The van der Waals surface area contributed by atoms with Gasteiger partial charge in [-0.15, -0.1) is 0 Å². The van der Waals surface area contributed by atoms with E-state index in [9.17, 15) is 23.3 Å². The third-order valence-corrected chi connectivity index (χ3v) is 5.29. The summed E-state index contributed by atoms with van der Waals surface area (Å²) < 4.78 is 36.7. The van der Waals surface area contributed by atoms with E-state index in [1.807, 2.05) is 0 Å². The van der Waals surface area contributed by atoms with Crippen LogP contribution in [0.4, 0.5) is 11.4 Å². The lowest BCUT2D eigenvalue weighted by molar-refractivity contribution is -0.387. The highest BCUT2D eigenvalue weighted by Gasteiger charge is 2.34.